The SMILES string of the molecule is CCCCCc1cc(O)c(C/C=C(\C)CCC=C(C)C)c(OCCCOc2cc(CCCCC)cc(O)c2[C@@H]2C[C@H](C)CC[C@H]2C(C)C)c1. The van der Waals surface area contributed by atoms with Gasteiger partial charge in [-0.25, -0.2) is 0 Å². The zero-order valence-corrected chi connectivity index (χ0v) is 32.5. The number of aromatic hydroxyl groups is 2. The lowest BCUT2D eigenvalue weighted by atomic mass is 9.67. The van der Waals surface area contributed by atoms with E-state index in [4.69, 9.17) is 9.47 Å². The number of ether oxygens (including phenoxy) is 2. The molecular formula is C45H70O4. The predicted molar refractivity (Wildman–Crippen MR) is 208 cm³/mol. The van der Waals surface area contributed by atoms with Gasteiger partial charge in [-0.2, -0.15) is 0 Å². The number of hydrogen-bond donors (Lipinski definition) is 2. The number of unbranched alkanes of at least 4 members (excludes halogenated alkanes) is 4. The molecule has 0 unspecified atom stereocenters. The molecule has 0 radical (unpaired) electrons. The molecule has 4 heteroatoms. The number of benzene rings is 2. The quantitative estimate of drug-likeness (QED) is 0.102. The molecule has 274 valence electrons. The first-order valence-corrected chi connectivity index (χ1v) is 19.8. The van der Waals surface area contributed by atoms with Gasteiger partial charge in [0.25, 0.3) is 0 Å². The molecule has 1 saturated carbocycles. The predicted octanol–water partition coefficient (Wildman–Crippen LogP) is 12.8. The highest BCUT2D eigenvalue weighted by molar-refractivity contribution is 5.51. The summed E-state index contributed by atoms with van der Waals surface area (Å²) in [6.07, 6.45) is 20.3. The van der Waals surface area contributed by atoms with Crippen LogP contribution >= 0.6 is 0 Å². The molecule has 0 heterocycles. The van der Waals surface area contributed by atoms with Crippen LogP contribution in [-0.4, -0.2) is 23.4 Å². The third-order valence-electron chi connectivity index (χ3n) is 10.5. The van der Waals surface area contributed by atoms with E-state index in [1.165, 1.54) is 49.7 Å². The fraction of sp³-hybridized carbons (Fsp3) is 0.644. The van der Waals surface area contributed by atoms with Crippen molar-refractivity contribution >= 4 is 0 Å². The lowest BCUT2D eigenvalue weighted by molar-refractivity contribution is 0.187. The number of aryl methyl sites for hydroxylation is 2. The molecule has 1 aliphatic rings. The van der Waals surface area contributed by atoms with Crippen LogP contribution < -0.4 is 9.47 Å². The summed E-state index contributed by atoms with van der Waals surface area (Å²) in [6, 6.07) is 8.30. The maximum Gasteiger partial charge on any atom is 0.126 e. The van der Waals surface area contributed by atoms with Crippen LogP contribution in [-0.2, 0) is 19.3 Å². The molecule has 2 aromatic carbocycles. The van der Waals surface area contributed by atoms with Crippen LogP contribution in [0.4, 0.5) is 0 Å². The average Bonchev–Trinajstić information content (AvgIpc) is 3.04. The summed E-state index contributed by atoms with van der Waals surface area (Å²) >= 11 is 0. The Balaban J connectivity index is 1.77. The number of allylic oxidation sites excluding steroid dienone is 4. The monoisotopic (exact) mass is 675 g/mol. The molecule has 2 N–H and O–H groups in total. The van der Waals surface area contributed by atoms with Gasteiger partial charge in [0.05, 0.1) is 13.2 Å². The zero-order valence-electron chi connectivity index (χ0n) is 32.5. The van der Waals surface area contributed by atoms with Gasteiger partial charge >= 0.3 is 0 Å². The third-order valence-corrected chi connectivity index (χ3v) is 10.5. The van der Waals surface area contributed by atoms with Crippen molar-refractivity contribution < 1.29 is 19.7 Å². The van der Waals surface area contributed by atoms with E-state index in [2.05, 4.69) is 79.7 Å². The van der Waals surface area contributed by atoms with Crippen molar-refractivity contribution in [3.8, 4) is 23.0 Å². The number of rotatable bonds is 21. The molecule has 4 nitrogen and oxygen atoms in total. The van der Waals surface area contributed by atoms with Crippen LogP contribution in [0.5, 0.6) is 23.0 Å². The standard InChI is InChI=1S/C45H70O4/c1-9-11-13-19-36-28-41(46)39(24-21-34(7)18-15-17-32(3)4)43(30-36)48-25-16-26-49-44-31-37(20-14-12-10-2)29-42(47)45(44)40-27-35(8)22-23-38(40)33(5)6/h17,21,28-31,33,35,38,40,46-47H,9-16,18-20,22-27H2,1-8H3/b34-21+/t35-,38+,40-/m1/s1. The van der Waals surface area contributed by atoms with Crippen LogP contribution in [0.2, 0.25) is 0 Å². The Morgan fingerprint density at radius 2 is 1.41 bits per heavy atom. The average molecular weight is 675 g/mol. The summed E-state index contributed by atoms with van der Waals surface area (Å²) in [5.41, 5.74) is 6.84. The molecule has 0 amide bonds. The van der Waals surface area contributed by atoms with E-state index in [1.54, 1.807) is 0 Å². The van der Waals surface area contributed by atoms with Crippen molar-refractivity contribution in [1.82, 2.24) is 0 Å². The largest absolute Gasteiger partial charge is 0.508 e. The van der Waals surface area contributed by atoms with Gasteiger partial charge < -0.3 is 19.7 Å². The molecule has 1 aliphatic carbocycles. The maximum atomic E-state index is 11.5. The highest BCUT2D eigenvalue weighted by Crippen LogP contribution is 2.50. The van der Waals surface area contributed by atoms with E-state index in [-0.39, 0.29) is 0 Å². The second kappa shape index (κ2) is 21.4. The van der Waals surface area contributed by atoms with Crippen LogP contribution in [0.15, 0.2) is 47.6 Å². The molecule has 0 spiro atoms. The molecule has 0 aromatic heterocycles. The van der Waals surface area contributed by atoms with Crippen molar-refractivity contribution in [2.75, 3.05) is 13.2 Å². The molecule has 49 heavy (non-hydrogen) atoms. The first-order chi connectivity index (χ1) is 23.5. The van der Waals surface area contributed by atoms with E-state index in [1.807, 2.05) is 12.1 Å². The van der Waals surface area contributed by atoms with Crippen molar-refractivity contribution in [1.29, 1.82) is 0 Å². The summed E-state index contributed by atoms with van der Waals surface area (Å²) < 4.78 is 13.0. The molecule has 0 bridgehead atoms. The maximum absolute atomic E-state index is 11.5. The van der Waals surface area contributed by atoms with E-state index in [0.717, 1.165) is 78.7 Å². The van der Waals surface area contributed by atoms with Gasteiger partial charge in [-0.1, -0.05) is 90.0 Å². The Labute approximate surface area is 300 Å². The summed E-state index contributed by atoms with van der Waals surface area (Å²) in [6.45, 7) is 18.9. The van der Waals surface area contributed by atoms with E-state index in [9.17, 15) is 10.2 Å². The van der Waals surface area contributed by atoms with Gasteiger partial charge in [0.15, 0.2) is 0 Å². The third kappa shape index (κ3) is 13.4. The Morgan fingerprint density at radius 3 is 2.02 bits per heavy atom. The van der Waals surface area contributed by atoms with Gasteiger partial charge in [0, 0.05) is 17.5 Å². The summed E-state index contributed by atoms with van der Waals surface area (Å²) in [5, 5.41) is 22.6. The number of phenols is 2. The molecule has 0 saturated heterocycles. The van der Waals surface area contributed by atoms with Crippen LogP contribution in [0.1, 0.15) is 161 Å². The van der Waals surface area contributed by atoms with Gasteiger partial charge in [0.2, 0.25) is 0 Å². The Kier molecular flexibility index (Phi) is 17.7. The zero-order chi connectivity index (χ0) is 35.8. The molecule has 1 fully saturated rings. The second-order valence-electron chi connectivity index (χ2n) is 15.6. The first-order valence-electron chi connectivity index (χ1n) is 19.8. The fourth-order valence-electron chi connectivity index (χ4n) is 7.55. The van der Waals surface area contributed by atoms with Crippen molar-refractivity contribution in [2.45, 2.75) is 158 Å². The van der Waals surface area contributed by atoms with Gasteiger partial charge in [-0.3, -0.25) is 0 Å². The Bertz CT molecular complexity index is 1330. The lowest BCUT2D eigenvalue weighted by Crippen LogP contribution is -2.26. The number of phenolic OH excluding ortho intramolecular Hbond substituents is 2. The van der Waals surface area contributed by atoms with E-state index in [0.29, 0.717) is 61.2 Å². The van der Waals surface area contributed by atoms with Gasteiger partial charge in [-0.15, -0.1) is 0 Å². The molecule has 2 aromatic rings. The second-order valence-corrected chi connectivity index (χ2v) is 15.6. The Morgan fingerprint density at radius 1 is 0.796 bits per heavy atom. The topological polar surface area (TPSA) is 58.9 Å². The minimum atomic E-state index is 0.305. The number of hydrogen-bond acceptors (Lipinski definition) is 4. The lowest BCUT2D eigenvalue weighted by Gasteiger charge is -2.38. The summed E-state index contributed by atoms with van der Waals surface area (Å²) in [7, 11) is 0. The van der Waals surface area contributed by atoms with Crippen LogP contribution in [0.3, 0.4) is 0 Å². The van der Waals surface area contributed by atoms with Gasteiger partial charge in [-0.05, 0) is 138 Å². The van der Waals surface area contributed by atoms with Crippen LogP contribution in [0, 0.1) is 17.8 Å². The Hall–Kier alpha value is -2.88. The van der Waals surface area contributed by atoms with E-state index < -0.39 is 0 Å². The van der Waals surface area contributed by atoms with Gasteiger partial charge in [0.1, 0.15) is 23.0 Å². The van der Waals surface area contributed by atoms with Crippen molar-refractivity contribution in [2.24, 2.45) is 17.8 Å². The fourth-order valence-corrected chi connectivity index (χ4v) is 7.55. The highest BCUT2D eigenvalue weighted by atomic mass is 16.5. The van der Waals surface area contributed by atoms with E-state index >= 15 is 0 Å². The molecular weight excluding hydrogens is 604 g/mol. The normalized spacial score (nSPS) is 18.1. The first kappa shape index (κ1) is 40.5. The summed E-state index contributed by atoms with van der Waals surface area (Å²) in [5.74, 6) is 4.43. The summed E-state index contributed by atoms with van der Waals surface area (Å²) in [4.78, 5) is 0. The van der Waals surface area contributed by atoms with Crippen LogP contribution in [0.25, 0.3) is 0 Å². The highest BCUT2D eigenvalue weighted by Gasteiger charge is 2.35. The minimum absolute atomic E-state index is 0.305. The van der Waals surface area contributed by atoms with Crippen molar-refractivity contribution in [3.63, 3.8) is 0 Å². The molecule has 3 rings (SSSR count). The molecule has 0 aliphatic heterocycles. The smallest absolute Gasteiger partial charge is 0.126 e. The minimum Gasteiger partial charge on any atom is -0.508 e. The van der Waals surface area contributed by atoms with Crippen molar-refractivity contribution in [3.05, 3.63) is 69.8 Å². The molecule has 3 atom stereocenters.